The number of hydrogen-bond acceptors (Lipinski definition) is 4. The first-order valence-corrected chi connectivity index (χ1v) is 8.45. The lowest BCUT2D eigenvalue weighted by Gasteiger charge is -2.21. The van der Waals surface area contributed by atoms with Gasteiger partial charge in [0.2, 0.25) is 0 Å². The monoisotopic (exact) mass is 289 g/mol. The fraction of sp³-hybridized carbons (Fsp3) is 0.438. The molecule has 2 rings (SSSR count). The van der Waals surface area contributed by atoms with E-state index in [1.54, 1.807) is 0 Å². The van der Waals surface area contributed by atoms with Crippen LogP contribution in [0, 0.1) is 0 Å². The van der Waals surface area contributed by atoms with E-state index in [0.717, 1.165) is 36.7 Å². The highest BCUT2D eigenvalue weighted by Crippen LogP contribution is 2.23. The standard InChI is InChI=1S/C16H23N3S/c1-4-17-12-14-11-13-7-5-6-8-15(13)18-16(14)19(2)9-10-20-3/h5-8,11,17H,4,9-10,12H2,1-3H3. The molecule has 0 saturated carbocycles. The summed E-state index contributed by atoms with van der Waals surface area (Å²) >= 11 is 1.87. The Morgan fingerprint density at radius 3 is 2.85 bits per heavy atom. The Balaban J connectivity index is 2.36. The van der Waals surface area contributed by atoms with Crippen molar-refractivity contribution < 1.29 is 0 Å². The van der Waals surface area contributed by atoms with Gasteiger partial charge in [-0.05, 0) is 24.9 Å². The molecule has 0 saturated heterocycles. The summed E-state index contributed by atoms with van der Waals surface area (Å²) in [5.41, 5.74) is 2.34. The zero-order valence-corrected chi connectivity index (χ0v) is 13.3. The van der Waals surface area contributed by atoms with E-state index in [1.807, 2.05) is 17.8 Å². The van der Waals surface area contributed by atoms with E-state index in [-0.39, 0.29) is 0 Å². The van der Waals surface area contributed by atoms with Crippen molar-refractivity contribution in [2.24, 2.45) is 0 Å². The number of thioether (sulfide) groups is 1. The van der Waals surface area contributed by atoms with E-state index in [0.29, 0.717) is 0 Å². The van der Waals surface area contributed by atoms with Gasteiger partial charge < -0.3 is 10.2 Å². The van der Waals surface area contributed by atoms with E-state index in [2.05, 4.69) is 54.7 Å². The summed E-state index contributed by atoms with van der Waals surface area (Å²) in [6.07, 6.45) is 2.14. The van der Waals surface area contributed by atoms with Crippen LogP contribution in [-0.4, -0.2) is 37.1 Å². The number of para-hydroxylation sites is 1. The van der Waals surface area contributed by atoms with Crippen molar-refractivity contribution in [3.63, 3.8) is 0 Å². The van der Waals surface area contributed by atoms with Crippen molar-refractivity contribution in [2.75, 3.05) is 37.0 Å². The Bertz CT molecular complexity index is 556. The molecule has 0 aliphatic carbocycles. The Morgan fingerprint density at radius 2 is 2.10 bits per heavy atom. The molecule has 0 atom stereocenters. The van der Waals surface area contributed by atoms with E-state index in [9.17, 15) is 0 Å². The molecule has 0 spiro atoms. The first-order valence-electron chi connectivity index (χ1n) is 7.05. The summed E-state index contributed by atoms with van der Waals surface area (Å²) in [5.74, 6) is 2.21. The lowest BCUT2D eigenvalue weighted by atomic mass is 10.1. The van der Waals surface area contributed by atoms with Crippen LogP contribution in [0.4, 0.5) is 5.82 Å². The van der Waals surface area contributed by atoms with Crippen LogP contribution in [0.15, 0.2) is 30.3 Å². The largest absolute Gasteiger partial charge is 0.359 e. The molecule has 0 radical (unpaired) electrons. The number of nitrogens with one attached hydrogen (secondary N) is 1. The second-order valence-electron chi connectivity index (χ2n) is 4.86. The van der Waals surface area contributed by atoms with E-state index in [1.165, 1.54) is 10.9 Å². The maximum atomic E-state index is 4.86. The topological polar surface area (TPSA) is 28.2 Å². The summed E-state index contributed by atoms with van der Waals surface area (Å²) in [5, 5.41) is 4.62. The number of nitrogens with zero attached hydrogens (tertiary/aromatic N) is 2. The Morgan fingerprint density at radius 1 is 1.30 bits per heavy atom. The summed E-state index contributed by atoms with van der Waals surface area (Å²) in [7, 11) is 2.13. The van der Waals surface area contributed by atoms with Gasteiger partial charge in [-0.15, -0.1) is 0 Å². The first kappa shape index (κ1) is 15.1. The molecule has 0 aliphatic rings. The summed E-state index contributed by atoms with van der Waals surface area (Å²) in [6.45, 7) is 4.99. The van der Waals surface area contributed by atoms with Gasteiger partial charge in [0.05, 0.1) is 5.52 Å². The number of benzene rings is 1. The molecule has 1 heterocycles. The minimum Gasteiger partial charge on any atom is -0.359 e. The summed E-state index contributed by atoms with van der Waals surface area (Å²) < 4.78 is 0. The third-order valence-corrected chi connectivity index (χ3v) is 3.93. The van der Waals surface area contributed by atoms with Gasteiger partial charge in [-0.25, -0.2) is 4.98 Å². The van der Waals surface area contributed by atoms with Gasteiger partial charge in [0, 0.05) is 36.8 Å². The molecule has 20 heavy (non-hydrogen) atoms. The van der Waals surface area contributed by atoms with Crippen LogP contribution in [-0.2, 0) is 6.54 Å². The second kappa shape index (κ2) is 7.50. The molecule has 0 fully saturated rings. The van der Waals surface area contributed by atoms with Gasteiger partial charge in [-0.1, -0.05) is 25.1 Å². The molecule has 2 aromatic rings. The molecule has 3 nitrogen and oxygen atoms in total. The fourth-order valence-corrected chi connectivity index (χ4v) is 2.66. The molecule has 0 aliphatic heterocycles. The Hall–Kier alpha value is -1.26. The van der Waals surface area contributed by atoms with Crippen molar-refractivity contribution in [1.82, 2.24) is 10.3 Å². The molecule has 1 N–H and O–H groups in total. The summed E-state index contributed by atoms with van der Waals surface area (Å²) in [6, 6.07) is 10.6. The van der Waals surface area contributed by atoms with Gasteiger partial charge in [0.1, 0.15) is 5.82 Å². The lowest BCUT2D eigenvalue weighted by Crippen LogP contribution is -2.24. The lowest BCUT2D eigenvalue weighted by molar-refractivity contribution is 0.722. The highest BCUT2D eigenvalue weighted by atomic mass is 32.2. The van der Waals surface area contributed by atoms with E-state index >= 15 is 0 Å². The number of fused-ring (bicyclic) bond motifs is 1. The third kappa shape index (κ3) is 3.64. The van der Waals surface area contributed by atoms with Crippen LogP contribution in [0.2, 0.25) is 0 Å². The summed E-state index contributed by atoms with van der Waals surface area (Å²) in [4.78, 5) is 7.12. The maximum absolute atomic E-state index is 4.86. The van der Waals surface area contributed by atoms with Gasteiger partial charge >= 0.3 is 0 Å². The van der Waals surface area contributed by atoms with Crippen molar-refractivity contribution in [1.29, 1.82) is 0 Å². The first-order chi connectivity index (χ1) is 9.76. The Kier molecular flexibility index (Phi) is 5.68. The van der Waals surface area contributed by atoms with Crippen LogP contribution in [0.1, 0.15) is 12.5 Å². The van der Waals surface area contributed by atoms with Crippen LogP contribution < -0.4 is 10.2 Å². The zero-order valence-electron chi connectivity index (χ0n) is 12.5. The van der Waals surface area contributed by atoms with Crippen LogP contribution in [0.5, 0.6) is 0 Å². The van der Waals surface area contributed by atoms with E-state index in [4.69, 9.17) is 4.98 Å². The Labute approximate surface area is 125 Å². The number of hydrogen-bond donors (Lipinski definition) is 1. The molecular weight excluding hydrogens is 266 g/mol. The molecule has 108 valence electrons. The van der Waals surface area contributed by atoms with Gasteiger partial charge in [-0.2, -0.15) is 11.8 Å². The van der Waals surface area contributed by atoms with Crippen molar-refractivity contribution >= 4 is 28.5 Å². The number of pyridine rings is 1. The van der Waals surface area contributed by atoms with Crippen LogP contribution >= 0.6 is 11.8 Å². The van der Waals surface area contributed by atoms with Crippen molar-refractivity contribution in [3.8, 4) is 0 Å². The van der Waals surface area contributed by atoms with Gasteiger partial charge in [-0.3, -0.25) is 0 Å². The highest BCUT2D eigenvalue weighted by Gasteiger charge is 2.10. The molecule has 4 heteroatoms. The van der Waals surface area contributed by atoms with Crippen molar-refractivity contribution in [2.45, 2.75) is 13.5 Å². The molecule has 0 amide bonds. The molecule has 1 aromatic heterocycles. The minimum atomic E-state index is 0.868. The van der Waals surface area contributed by atoms with Gasteiger partial charge in [0.15, 0.2) is 0 Å². The average Bonchev–Trinajstić information content (AvgIpc) is 2.49. The number of rotatable bonds is 7. The maximum Gasteiger partial charge on any atom is 0.133 e. The predicted octanol–water partition coefficient (Wildman–Crippen LogP) is 3.14. The average molecular weight is 289 g/mol. The van der Waals surface area contributed by atoms with Crippen LogP contribution in [0.25, 0.3) is 10.9 Å². The molecular formula is C16H23N3S. The van der Waals surface area contributed by atoms with Crippen LogP contribution in [0.3, 0.4) is 0 Å². The second-order valence-corrected chi connectivity index (χ2v) is 5.84. The minimum absolute atomic E-state index is 0.868. The smallest absolute Gasteiger partial charge is 0.133 e. The van der Waals surface area contributed by atoms with Crippen molar-refractivity contribution in [3.05, 3.63) is 35.9 Å². The normalized spacial score (nSPS) is 10.9. The number of anilines is 1. The zero-order chi connectivity index (χ0) is 14.4. The molecule has 0 unspecified atom stereocenters. The third-order valence-electron chi connectivity index (χ3n) is 3.34. The highest BCUT2D eigenvalue weighted by molar-refractivity contribution is 7.98. The molecule has 0 bridgehead atoms. The number of aromatic nitrogens is 1. The van der Waals surface area contributed by atoms with E-state index < -0.39 is 0 Å². The quantitative estimate of drug-likeness (QED) is 0.847. The predicted molar refractivity (Wildman–Crippen MR) is 90.8 cm³/mol. The SMILES string of the molecule is CCNCc1cc2ccccc2nc1N(C)CCSC. The van der Waals surface area contributed by atoms with Gasteiger partial charge in [0.25, 0.3) is 0 Å². The fourth-order valence-electron chi connectivity index (χ4n) is 2.20. The molecule has 1 aromatic carbocycles.